The highest BCUT2D eigenvalue weighted by Crippen LogP contribution is 2.35. The smallest absolute Gasteiger partial charge is 0.266 e. The Bertz CT molecular complexity index is 753. The lowest BCUT2D eigenvalue weighted by Gasteiger charge is -2.16. The maximum absolute atomic E-state index is 12.7. The molecule has 106 valence electrons. The Balaban J connectivity index is 2.21. The van der Waals surface area contributed by atoms with Gasteiger partial charge in [-0.1, -0.05) is 18.2 Å². The molecule has 2 amide bonds. The van der Waals surface area contributed by atoms with Crippen molar-refractivity contribution in [1.29, 1.82) is 0 Å². The fourth-order valence-corrected chi connectivity index (χ4v) is 2.77. The van der Waals surface area contributed by atoms with Gasteiger partial charge in [-0.25, -0.2) is 4.90 Å². The maximum Gasteiger partial charge on any atom is 0.266 e. The third kappa shape index (κ3) is 1.83. The van der Waals surface area contributed by atoms with E-state index in [2.05, 4.69) is 0 Å². The van der Waals surface area contributed by atoms with Crippen LogP contribution in [0.1, 0.15) is 37.4 Å². The van der Waals surface area contributed by atoms with Crippen LogP contribution in [-0.2, 0) is 0 Å². The molecule has 1 aliphatic rings. The second kappa shape index (κ2) is 4.45. The van der Waals surface area contributed by atoms with E-state index in [-0.39, 0.29) is 11.8 Å². The van der Waals surface area contributed by atoms with Crippen molar-refractivity contribution < 1.29 is 9.59 Å². The molecule has 2 aromatic carbocycles. The summed E-state index contributed by atoms with van der Waals surface area (Å²) in [6, 6.07) is 9.05. The van der Waals surface area contributed by atoms with Crippen LogP contribution in [0.25, 0.3) is 0 Å². The molecule has 2 aromatic rings. The summed E-state index contributed by atoms with van der Waals surface area (Å²) in [5.41, 5.74) is 10.4. The van der Waals surface area contributed by atoms with Gasteiger partial charge in [-0.05, 0) is 49.6 Å². The average molecular weight is 280 g/mol. The van der Waals surface area contributed by atoms with Crippen LogP contribution in [0.4, 0.5) is 11.4 Å². The van der Waals surface area contributed by atoms with Gasteiger partial charge < -0.3 is 5.73 Å². The van der Waals surface area contributed by atoms with Crippen LogP contribution in [0.2, 0.25) is 0 Å². The first-order valence-corrected chi connectivity index (χ1v) is 6.77. The number of hydrogen-bond donors (Lipinski definition) is 1. The van der Waals surface area contributed by atoms with E-state index in [1.165, 1.54) is 4.90 Å². The average Bonchev–Trinajstić information content (AvgIpc) is 2.68. The van der Waals surface area contributed by atoms with Gasteiger partial charge in [0.1, 0.15) is 0 Å². The first kappa shape index (κ1) is 13.4. The van der Waals surface area contributed by atoms with E-state index < -0.39 is 0 Å². The van der Waals surface area contributed by atoms with Gasteiger partial charge in [0.15, 0.2) is 0 Å². The van der Waals surface area contributed by atoms with Crippen LogP contribution in [-0.4, -0.2) is 11.8 Å². The second-order valence-electron chi connectivity index (χ2n) is 5.46. The summed E-state index contributed by atoms with van der Waals surface area (Å²) in [6.07, 6.45) is 0. The predicted octanol–water partition coefficient (Wildman–Crippen LogP) is 2.99. The number of amides is 2. The van der Waals surface area contributed by atoms with Crippen molar-refractivity contribution in [2.24, 2.45) is 0 Å². The standard InChI is InChI=1S/C17H16N2O2/c1-9-4-7-13(12(18)8-9)19-16(20)14-10(2)5-6-11(3)15(14)17(19)21/h4-8H,18H2,1-3H3. The van der Waals surface area contributed by atoms with Gasteiger partial charge in [-0.15, -0.1) is 0 Å². The zero-order valence-electron chi connectivity index (χ0n) is 12.2. The molecule has 1 heterocycles. The summed E-state index contributed by atoms with van der Waals surface area (Å²) in [5, 5.41) is 0. The van der Waals surface area contributed by atoms with Gasteiger partial charge in [0.05, 0.1) is 22.5 Å². The van der Waals surface area contributed by atoms with E-state index in [4.69, 9.17) is 5.73 Å². The number of aryl methyl sites for hydroxylation is 3. The van der Waals surface area contributed by atoms with Crippen molar-refractivity contribution >= 4 is 23.2 Å². The second-order valence-corrected chi connectivity index (χ2v) is 5.46. The zero-order valence-corrected chi connectivity index (χ0v) is 12.2. The van der Waals surface area contributed by atoms with Crippen LogP contribution in [0.3, 0.4) is 0 Å². The number of rotatable bonds is 1. The van der Waals surface area contributed by atoms with Crippen molar-refractivity contribution in [3.63, 3.8) is 0 Å². The summed E-state index contributed by atoms with van der Waals surface area (Å²) in [6.45, 7) is 5.59. The molecular formula is C17H16N2O2. The molecule has 0 saturated heterocycles. The lowest BCUT2D eigenvalue weighted by Crippen LogP contribution is -2.30. The first-order valence-electron chi connectivity index (χ1n) is 6.77. The van der Waals surface area contributed by atoms with Crippen molar-refractivity contribution in [2.75, 3.05) is 10.6 Å². The number of nitrogen functional groups attached to an aromatic ring is 1. The SMILES string of the molecule is Cc1ccc(N2C(=O)c3c(C)ccc(C)c3C2=O)c(N)c1. The molecule has 0 aliphatic carbocycles. The Morgan fingerprint density at radius 2 is 1.38 bits per heavy atom. The third-order valence-electron chi connectivity index (χ3n) is 3.88. The minimum Gasteiger partial charge on any atom is -0.397 e. The molecule has 2 N–H and O–H groups in total. The zero-order chi connectivity index (χ0) is 15.3. The third-order valence-corrected chi connectivity index (χ3v) is 3.88. The molecule has 21 heavy (non-hydrogen) atoms. The fraction of sp³-hybridized carbons (Fsp3) is 0.176. The van der Waals surface area contributed by atoms with Gasteiger partial charge in [0.2, 0.25) is 0 Å². The summed E-state index contributed by atoms with van der Waals surface area (Å²) >= 11 is 0. The lowest BCUT2D eigenvalue weighted by atomic mass is 9.99. The van der Waals surface area contributed by atoms with E-state index in [9.17, 15) is 9.59 Å². The summed E-state index contributed by atoms with van der Waals surface area (Å²) in [7, 11) is 0. The molecule has 0 spiro atoms. The highest BCUT2D eigenvalue weighted by molar-refractivity contribution is 6.36. The van der Waals surface area contributed by atoms with Crippen LogP contribution in [0.15, 0.2) is 30.3 Å². The number of carbonyl (C=O) groups is 2. The van der Waals surface area contributed by atoms with Crippen LogP contribution >= 0.6 is 0 Å². The van der Waals surface area contributed by atoms with E-state index >= 15 is 0 Å². The number of anilines is 2. The Morgan fingerprint density at radius 1 is 0.857 bits per heavy atom. The molecule has 4 nitrogen and oxygen atoms in total. The largest absolute Gasteiger partial charge is 0.397 e. The number of imide groups is 1. The molecule has 0 atom stereocenters. The minimum absolute atomic E-state index is 0.299. The maximum atomic E-state index is 12.7. The fourth-order valence-electron chi connectivity index (χ4n) is 2.77. The van der Waals surface area contributed by atoms with Gasteiger partial charge in [0, 0.05) is 0 Å². The van der Waals surface area contributed by atoms with E-state index in [0.29, 0.717) is 22.5 Å². The molecule has 0 bridgehead atoms. The number of benzene rings is 2. The van der Waals surface area contributed by atoms with Gasteiger partial charge >= 0.3 is 0 Å². The number of nitrogens with zero attached hydrogens (tertiary/aromatic N) is 1. The highest BCUT2D eigenvalue weighted by atomic mass is 16.2. The predicted molar refractivity (Wildman–Crippen MR) is 82.6 cm³/mol. The molecule has 0 aromatic heterocycles. The molecule has 0 saturated carbocycles. The quantitative estimate of drug-likeness (QED) is 0.645. The van der Waals surface area contributed by atoms with Crippen LogP contribution in [0, 0.1) is 20.8 Å². The van der Waals surface area contributed by atoms with Crippen molar-refractivity contribution in [3.05, 3.63) is 58.1 Å². The number of nitrogens with two attached hydrogens (primary N) is 1. The normalized spacial score (nSPS) is 13.8. The Kier molecular flexibility index (Phi) is 2.83. The molecule has 3 rings (SSSR count). The molecular weight excluding hydrogens is 264 g/mol. The molecule has 1 aliphatic heterocycles. The summed E-state index contributed by atoms with van der Waals surface area (Å²) in [5.74, 6) is -0.599. The highest BCUT2D eigenvalue weighted by Gasteiger charge is 2.39. The van der Waals surface area contributed by atoms with Crippen LogP contribution < -0.4 is 10.6 Å². The minimum atomic E-state index is -0.299. The van der Waals surface area contributed by atoms with E-state index in [1.54, 1.807) is 12.1 Å². The molecule has 0 radical (unpaired) electrons. The number of carbonyl (C=O) groups excluding carboxylic acids is 2. The molecule has 0 unspecified atom stereocenters. The summed E-state index contributed by atoms with van der Waals surface area (Å²) in [4.78, 5) is 26.5. The van der Waals surface area contributed by atoms with Gasteiger partial charge in [0.25, 0.3) is 11.8 Å². The Labute approximate surface area is 123 Å². The van der Waals surface area contributed by atoms with Crippen molar-refractivity contribution in [1.82, 2.24) is 0 Å². The number of hydrogen-bond acceptors (Lipinski definition) is 3. The Morgan fingerprint density at radius 3 is 1.86 bits per heavy atom. The lowest BCUT2D eigenvalue weighted by molar-refractivity contribution is 0.0926. The first-order chi connectivity index (χ1) is 9.91. The van der Waals surface area contributed by atoms with Gasteiger partial charge in [-0.3, -0.25) is 9.59 Å². The van der Waals surface area contributed by atoms with E-state index in [0.717, 1.165) is 16.7 Å². The van der Waals surface area contributed by atoms with Crippen molar-refractivity contribution in [3.8, 4) is 0 Å². The monoisotopic (exact) mass is 280 g/mol. The van der Waals surface area contributed by atoms with E-state index in [1.807, 2.05) is 39.0 Å². The van der Waals surface area contributed by atoms with Crippen molar-refractivity contribution in [2.45, 2.75) is 20.8 Å². The van der Waals surface area contributed by atoms with Gasteiger partial charge in [-0.2, -0.15) is 0 Å². The van der Waals surface area contributed by atoms with Crippen LogP contribution in [0.5, 0.6) is 0 Å². The number of fused-ring (bicyclic) bond motifs is 1. The topological polar surface area (TPSA) is 63.4 Å². The molecule has 4 heteroatoms. The Hall–Kier alpha value is -2.62. The summed E-state index contributed by atoms with van der Waals surface area (Å²) < 4.78 is 0. The molecule has 0 fully saturated rings.